The summed E-state index contributed by atoms with van der Waals surface area (Å²) in [7, 11) is 3.10. The molecule has 4 rings (SSSR count). The second-order valence-corrected chi connectivity index (χ2v) is 6.51. The quantitative estimate of drug-likeness (QED) is 0.671. The predicted molar refractivity (Wildman–Crippen MR) is 97.1 cm³/mol. The Hall–Kier alpha value is -2.75. The zero-order valence-electron chi connectivity index (χ0n) is 14.4. The van der Waals surface area contributed by atoms with Crippen molar-refractivity contribution in [3.05, 3.63) is 71.3 Å². The molecule has 0 radical (unpaired) electrons. The molecule has 4 nitrogen and oxygen atoms in total. The molecule has 0 unspecified atom stereocenters. The molecule has 0 saturated carbocycles. The van der Waals surface area contributed by atoms with E-state index in [2.05, 4.69) is 23.5 Å². The Morgan fingerprint density at radius 2 is 1.92 bits per heavy atom. The van der Waals surface area contributed by atoms with E-state index in [-0.39, 0.29) is 12.0 Å². The third-order valence-electron chi connectivity index (χ3n) is 5.27. The number of hydrogen-bond acceptors (Lipinski definition) is 4. The van der Waals surface area contributed by atoms with Crippen LogP contribution in [0.15, 0.2) is 54.6 Å². The zero-order chi connectivity index (χ0) is 17.4. The van der Waals surface area contributed by atoms with Gasteiger partial charge in [0.1, 0.15) is 5.75 Å². The van der Waals surface area contributed by atoms with Crippen molar-refractivity contribution >= 4 is 11.7 Å². The molecule has 2 aromatic carbocycles. The molecule has 1 aliphatic heterocycles. The van der Waals surface area contributed by atoms with Gasteiger partial charge in [-0.2, -0.15) is 0 Å². The largest absolute Gasteiger partial charge is 0.495 e. The maximum Gasteiger partial charge on any atom is 0.337 e. The first kappa shape index (κ1) is 15.8. The number of para-hydroxylation sites is 1. The smallest absolute Gasteiger partial charge is 0.337 e. The number of allylic oxidation sites excluding steroid dienone is 2. The topological polar surface area (TPSA) is 47.6 Å². The molecular weight excluding hydrogens is 314 g/mol. The monoisotopic (exact) mass is 335 g/mol. The van der Waals surface area contributed by atoms with Crippen LogP contribution >= 0.6 is 0 Å². The first-order valence-corrected chi connectivity index (χ1v) is 8.51. The predicted octanol–water partition coefficient (Wildman–Crippen LogP) is 4.31. The lowest BCUT2D eigenvalue weighted by Crippen LogP contribution is -2.29. The van der Waals surface area contributed by atoms with E-state index < -0.39 is 0 Å². The molecule has 0 saturated heterocycles. The number of carbonyl (C=O) groups excluding carboxylic acids is 1. The zero-order valence-corrected chi connectivity index (χ0v) is 14.4. The van der Waals surface area contributed by atoms with Gasteiger partial charge in [0.15, 0.2) is 0 Å². The molecular formula is C21H21NO3. The number of hydrogen-bond donors (Lipinski definition) is 1. The van der Waals surface area contributed by atoms with Crippen molar-refractivity contribution in [3.63, 3.8) is 0 Å². The number of anilines is 1. The van der Waals surface area contributed by atoms with Gasteiger partial charge in [-0.05, 0) is 41.7 Å². The Bertz CT molecular complexity index is 826. The van der Waals surface area contributed by atoms with E-state index in [0.29, 0.717) is 17.4 Å². The summed E-state index contributed by atoms with van der Waals surface area (Å²) in [5.41, 5.74) is 4.10. The van der Waals surface area contributed by atoms with Gasteiger partial charge < -0.3 is 14.8 Å². The third-order valence-corrected chi connectivity index (χ3v) is 5.27. The van der Waals surface area contributed by atoms with Gasteiger partial charge in [0.25, 0.3) is 0 Å². The van der Waals surface area contributed by atoms with Crippen molar-refractivity contribution < 1.29 is 14.3 Å². The average molecular weight is 335 g/mol. The molecule has 0 bridgehead atoms. The Morgan fingerprint density at radius 3 is 2.64 bits per heavy atom. The van der Waals surface area contributed by atoms with Gasteiger partial charge >= 0.3 is 5.97 Å². The van der Waals surface area contributed by atoms with Crippen LogP contribution in [-0.4, -0.2) is 20.2 Å². The van der Waals surface area contributed by atoms with Crippen molar-refractivity contribution in [3.8, 4) is 5.75 Å². The van der Waals surface area contributed by atoms with Gasteiger partial charge in [-0.25, -0.2) is 4.79 Å². The number of carbonyl (C=O) groups is 1. The molecule has 1 aliphatic carbocycles. The van der Waals surface area contributed by atoms with Crippen LogP contribution in [-0.2, 0) is 4.74 Å². The average Bonchev–Trinajstić information content (AvgIpc) is 3.16. The van der Waals surface area contributed by atoms with Crippen molar-refractivity contribution in [1.82, 2.24) is 0 Å². The van der Waals surface area contributed by atoms with E-state index >= 15 is 0 Å². The molecule has 128 valence electrons. The van der Waals surface area contributed by atoms with Crippen LogP contribution in [0.3, 0.4) is 0 Å². The summed E-state index contributed by atoms with van der Waals surface area (Å²) >= 11 is 0. The summed E-state index contributed by atoms with van der Waals surface area (Å²) in [6.45, 7) is 0. The molecule has 1 heterocycles. The lowest BCUT2D eigenvalue weighted by molar-refractivity contribution is 0.0600. The second kappa shape index (κ2) is 6.28. The number of rotatable bonds is 3. The molecule has 0 aromatic heterocycles. The van der Waals surface area contributed by atoms with Crippen LogP contribution in [0.1, 0.15) is 39.9 Å². The molecule has 1 N–H and O–H groups in total. The van der Waals surface area contributed by atoms with Gasteiger partial charge in [0, 0.05) is 5.92 Å². The van der Waals surface area contributed by atoms with E-state index in [0.717, 1.165) is 17.9 Å². The van der Waals surface area contributed by atoms with Crippen LogP contribution in [0.5, 0.6) is 5.75 Å². The summed E-state index contributed by atoms with van der Waals surface area (Å²) in [6.07, 6.45) is 5.61. The molecule has 2 aromatic rings. The van der Waals surface area contributed by atoms with Crippen LogP contribution in [0, 0.1) is 5.92 Å². The van der Waals surface area contributed by atoms with E-state index in [4.69, 9.17) is 9.47 Å². The molecule has 0 spiro atoms. The molecule has 2 aliphatic rings. The van der Waals surface area contributed by atoms with Crippen molar-refractivity contribution in [2.45, 2.75) is 18.4 Å². The molecule has 0 amide bonds. The standard InChI is InChI=1S/C21H21NO3/c1-24-18-8-4-7-17-15-5-3-6-16(15)19(22-20(17)18)13-9-11-14(12-10-13)21(23)25-2/h3-5,7-12,15-16,19,22H,6H2,1-2H3/t15-,16-,19-/m1/s1. The summed E-state index contributed by atoms with van der Waals surface area (Å²) in [5, 5.41) is 3.69. The van der Waals surface area contributed by atoms with Gasteiger partial charge in [-0.1, -0.05) is 36.4 Å². The number of nitrogens with one attached hydrogen (secondary N) is 1. The van der Waals surface area contributed by atoms with Crippen LogP contribution in [0.4, 0.5) is 5.69 Å². The minimum absolute atomic E-state index is 0.176. The second-order valence-electron chi connectivity index (χ2n) is 6.51. The van der Waals surface area contributed by atoms with Crippen LogP contribution in [0.25, 0.3) is 0 Å². The molecule has 0 fully saturated rings. The number of methoxy groups -OCH3 is 2. The van der Waals surface area contributed by atoms with E-state index in [9.17, 15) is 4.79 Å². The number of benzene rings is 2. The van der Waals surface area contributed by atoms with Gasteiger partial charge in [0.2, 0.25) is 0 Å². The Balaban J connectivity index is 1.72. The minimum atomic E-state index is -0.310. The third kappa shape index (κ3) is 2.58. The van der Waals surface area contributed by atoms with E-state index in [1.54, 1.807) is 7.11 Å². The fourth-order valence-electron chi connectivity index (χ4n) is 4.04. The minimum Gasteiger partial charge on any atom is -0.495 e. The Morgan fingerprint density at radius 1 is 1.12 bits per heavy atom. The first-order chi connectivity index (χ1) is 12.2. The van der Waals surface area contributed by atoms with Gasteiger partial charge in [0.05, 0.1) is 31.5 Å². The maximum absolute atomic E-state index is 11.7. The normalized spacial score (nSPS) is 23.4. The number of ether oxygens (including phenoxy) is 2. The highest BCUT2D eigenvalue weighted by Gasteiger charge is 2.38. The van der Waals surface area contributed by atoms with E-state index in [1.165, 1.54) is 18.2 Å². The van der Waals surface area contributed by atoms with E-state index in [1.807, 2.05) is 36.4 Å². The number of fused-ring (bicyclic) bond motifs is 3. The van der Waals surface area contributed by atoms with Crippen LogP contribution in [0.2, 0.25) is 0 Å². The lowest BCUT2D eigenvalue weighted by Gasteiger charge is -2.38. The highest BCUT2D eigenvalue weighted by Crippen LogP contribution is 2.52. The highest BCUT2D eigenvalue weighted by atomic mass is 16.5. The molecule has 4 heteroatoms. The fraction of sp³-hybridized carbons (Fsp3) is 0.286. The summed E-state index contributed by atoms with van der Waals surface area (Å²) < 4.78 is 10.3. The Labute approximate surface area is 147 Å². The SMILES string of the molecule is COC(=O)c1ccc([C@H]2Nc3c(OC)cccc3[C@@H]3C=CC[C@@H]23)cc1. The van der Waals surface area contributed by atoms with Crippen molar-refractivity contribution in [1.29, 1.82) is 0 Å². The molecule has 3 atom stereocenters. The Kier molecular flexibility index (Phi) is 3.96. The molecule has 25 heavy (non-hydrogen) atoms. The fourth-order valence-corrected chi connectivity index (χ4v) is 4.04. The summed E-state index contributed by atoms with van der Waals surface area (Å²) in [4.78, 5) is 11.7. The lowest BCUT2D eigenvalue weighted by atomic mass is 9.77. The van der Waals surface area contributed by atoms with Crippen LogP contribution < -0.4 is 10.1 Å². The maximum atomic E-state index is 11.7. The van der Waals surface area contributed by atoms with Crippen molar-refractivity contribution in [2.24, 2.45) is 5.92 Å². The van der Waals surface area contributed by atoms with Gasteiger partial charge in [-0.15, -0.1) is 0 Å². The number of esters is 1. The van der Waals surface area contributed by atoms with Crippen molar-refractivity contribution in [2.75, 3.05) is 19.5 Å². The first-order valence-electron chi connectivity index (χ1n) is 8.51. The van der Waals surface area contributed by atoms with Gasteiger partial charge in [-0.3, -0.25) is 0 Å². The summed E-state index contributed by atoms with van der Waals surface area (Å²) in [5.74, 6) is 1.41. The summed E-state index contributed by atoms with van der Waals surface area (Å²) in [6, 6.07) is 14.1. The highest BCUT2D eigenvalue weighted by molar-refractivity contribution is 5.89.